The molecule has 2 aliphatic heterocycles. The molecule has 2 fully saturated rings. The predicted molar refractivity (Wildman–Crippen MR) is 97.7 cm³/mol. The number of likely N-dealkylation sites (tertiary alicyclic amines) is 1. The molecule has 0 bridgehead atoms. The quantitative estimate of drug-likeness (QED) is 0.839. The van der Waals surface area contributed by atoms with Gasteiger partial charge in [0.25, 0.3) is 0 Å². The maximum atomic E-state index is 12.0. The summed E-state index contributed by atoms with van der Waals surface area (Å²) in [5.41, 5.74) is 1.30. The molecule has 0 aliphatic carbocycles. The molecule has 0 spiro atoms. The van der Waals surface area contributed by atoms with Crippen molar-refractivity contribution >= 4 is 33.3 Å². The number of carbonyl (C=O) groups excluding carboxylic acids is 1. The smallest absolute Gasteiger partial charge is 0.219 e. The summed E-state index contributed by atoms with van der Waals surface area (Å²) in [6, 6.07) is 0.712. The molecule has 0 N–H and O–H groups in total. The zero-order valence-corrected chi connectivity index (χ0v) is 15.4. The third-order valence-electron chi connectivity index (χ3n) is 5.66. The number of aromatic nitrogens is 2. The first-order valence-corrected chi connectivity index (χ1v) is 9.64. The number of thiophene rings is 1. The van der Waals surface area contributed by atoms with Crippen molar-refractivity contribution in [3.63, 3.8) is 0 Å². The molecule has 24 heavy (non-hydrogen) atoms. The normalized spacial score (nSPS) is 24.3. The standard InChI is InChI=1S/C18H24N4OS/c1-11-12(2)24-18-16(11)17(19-10-20-18)22-9-5-7-15(22)14-6-4-8-21(14)13(3)23/h10,14-15H,4-9H2,1-3H3/t14-,15+/m1/s1. The van der Waals surface area contributed by atoms with Crippen LogP contribution in [0.3, 0.4) is 0 Å². The highest BCUT2D eigenvalue weighted by Crippen LogP contribution is 2.39. The van der Waals surface area contributed by atoms with Crippen molar-refractivity contribution in [1.82, 2.24) is 14.9 Å². The van der Waals surface area contributed by atoms with Gasteiger partial charge in [0.1, 0.15) is 17.0 Å². The van der Waals surface area contributed by atoms with E-state index in [1.54, 1.807) is 24.6 Å². The summed E-state index contributed by atoms with van der Waals surface area (Å²) in [5, 5.41) is 1.21. The summed E-state index contributed by atoms with van der Waals surface area (Å²) < 4.78 is 0. The molecule has 0 unspecified atom stereocenters. The molecule has 2 aromatic heterocycles. The molecular formula is C18H24N4OS. The first-order chi connectivity index (χ1) is 11.6. The van der Waals surface area contributed by atoms with Gasteiger partial charge < -0.3 is 9.80 Å². The van der Waals surface area contributed by atoms with E-state index < -0.39 is 0 Å². The van der Waals surface area contributed by atoms with Gasteiger partial charge in [-0.2, -0.15) is 0 Å². The maximum absolute atomic E-state index is 12.0. The van der Waals surface area contributed by atoms with Gasteiger partial charge >= 0.3 is 0 Å². The molecular weight excluding hydrogens is 320 g/mol. The van der Waals surface area contributed by atoms with E-state index >= 15 is 0 Å². The Morgan fingerprint density at radius 2 is 1.92 bits per heavy atom. The lowest BCUT2D eigenvalue weighted by atomic mass is 10.0. The van der Waals surface area contributed by atoms with E-state index in [1.165, 1.54) is 22.2 Å². The molecule has 1 amide bonds. The summed E-state index contributed by atoms with van der Waals surface area (Å²) in [6.45, 7) is 7.95. The lowest BCUT2D eigenvalue weighted by Gasteiger charge is -2.35. The maximum Gasteiger partial charge on any atom is 0.219 e. The minimum Gasteiger partial charge on any atom is -0.351 e. The van der Waals surface area contributed by atoms with E-state index in [2.05, 4.69) is 33.6 Å². The Balaban J connectivity index is 1.75. The third kappa shape index (κ3) is 2.39. The van der Waals surface area contributed by atoms with E-state index in [1.807, 2.05) is 0 Å². The molecule has 0 aromatic carbocycles. The molecule has 4 heterocycles. The molecule has 0 radical (unpaired) electrons. The van der Waals surface area contributed by atoms with Crippen LogP contribution in [-0.4, -0.2) is 45.9 Å². The van der Waals surface area contributed by atoms with Crippen molar-refractivity contribution in [1.29, 1.82) is 0 Å². The zero-order valence-electron chi connectivity index (χ0n) is 14.6. The van der Waals surface area contributed by atoms with Crippen molar-refractivity contribution in [3.8, 4) is 0 Å². The number of amides is 1. The van der Waals surface area contributed by atoms with Crippen LogP contribution >= 0.6 is 11.3 Å². The Morgan fingerprint density at radius 1 is 1.17 bits per heavy atom. The highest BCUT2D eigenvalue weighted by atomic mass is 32.1. The second-order valence-corrected chi connectivity index (χ2v) is 8.19. The van der Waals surface area contributed by atoms with Gasteiger partial charge in [0.2, 0.25) is 5.91 Å². The Hall–Kier alpha value is -1.69. The third-order valence-corrected chi connectivity index (χ3v) is 6.78. The van der Waals surface area contributed by atoms with Crippen LogP contribution in [0.25, 0.3) is 10.2 Å². The minimum absolute atomic E-state index is 0.208. The van der Waals surface area contributed by atoms with E-state index in [-0.39, 0.29) is 5.91 Å². The molecule has 2 aromatic rings. The Kier molecular flexibility index (Phi) is 3.95. The second-order valence-electron chi connectivity index (χ2n) is 6.99. The summed E-state index contributed by atoms with van der Waals surface area (Å²) in [6.07, 6.45) is 6.23. The van der Waals surface area contributed by atoms with Gasteiger partial charge in [-0.25, -0.2) is 9.97 Å². The van der Waals surface area contributed by atoms with Crippen LogP contribution in [0, 0.1) is 13.8 Å². The lowest BCUT2D eigenvalue weighted by molar-refractivity contribution is -0.129. The van der Waals surface area contributed by atoms with Crippen molar-refractivity contribution in [2.24, 2.45) is 0 Å². The van der Waals surface area contributed by atoms with Crippen LogP contribution in [-0.2, 0) is 4.79 Å². The fourth-order valence-electron chi connectivity index (χ4n) is 4.42. The van der Waals surface area contributed by atoms with Crippen LogP contribution in [0.2, 0.25) is 0 Å². The number of hydrogen-bond donors (Lipinski definition) is 0. The van der Waals surface area contributed by atoms with Crippen LogP contribution in [0.5, 0.6) is 0 Å². The highest BCUT2D eigenvalue weighted by molar-refractivity contribution is 7.18. The van der Waals surface area contributed by atoms with Gasteiger partial charge in [-0.15, -0.1) is 11.3 Å². The van der Waals surface area contributed by atoms with Gasteiger partial charge in [0.15, 0.2) is 0 Å². The summed E-state index contributed by atoms with van der Waals surface area (Å²) >= 11 is 1.75. The fraction of sp³-hybridized carbons (Fsp3) is 0.611. The SMILES string of the molecule is CC(=O)N1CCC[C@@H]1[C@@H]1CCCN1c1ncnc2sc(C)c(C)c12. The summed E-state index contributed by atoms with van der Waals surface area (Å²) in [7, 11) is 0. The fourth-order valence-corrected chi connectivity index (χ4v) is 5.41. The van der Waals surface area contributed by atoms with E-state index in [0.29, 0.717) is 12.1 Å². The van der Waals surface area contributed by atoms with Gasteiger partial charge in [-0.05, 0) is 45.1 Å². The monoisotopic (exact) mass is 344 g/mol. The number of nitrogens with zero attached hydrogens (tertiary/aromatic N) is 4. The largest absolute Gasteiger partial charge is 0.351 e. The van der Waals surface area contributed by atoms with Gasteiger partial charge in [0, 0.05) is 24.9 Å². The van der Waals surface area contributed by atoms with Crippen molar-refractivity contribution < 1.29 is 4.79 Å². The molecule has 2 aliphatic rings. The predicted octanol–water partition coefficient (Wildman–Crippen LogP) is 3.29. The van der Waals surface area contributed by atoms with Crippen LogP contribution < -0.4 is 4.90 Å². The molecule has 2 atom stereocenters. The van der Waals surface area contributed by atoms with Gasteiger partial charge in [0.05, 0.1) is 17.5 Å². The average molecular weight is 344 g/mol. The highest BCUT2D eigenvalue weighted by Gasteiger charge is 2.40. The van der Waals surface area contributed by atoms with Gasteiger partial charge in [-0.3, -0.25) is 4.79 Å². The zero-order chi connectivity index (χ0) is 16.8. The van der Waals surface area contributed by atoms with E-state index in [0.717, 1.165) is 43.0 Å². The van der Waals surface area contributed by atoms with Crippen LogP contribution in [0.1, 0.15) is 43.0 Å². The molecule has 128 valence electrons. The molecule has 5 nitrogen and oxygen atoms in total. The Labute approximate surface area is 146 Å². The van der Waals surface area contributed by atoms with Crippen LogP contribution in [0.4, 0.5) is 5.82 Å². The topological polar surface area (TPSA) is 49.3 Å². The van der Waals surface area contributed by atoms with Gasteiger partial charge in [-0.1, -0.05) is 0 Å². The van der Waals surface area contributed by atoms with E-state index in [9.17, 15) is 4.79 Å². The average Bonchev–Trinajstić information content (AvgIpc) is 3.26. The van der Waals surface area contributed by atoms with Crippen molar-refractivity contribution in [2.45, 2.75) is 58.5 Å². The number of carbonyl (C=O) groups is 1. The van der Waals surface area contributed by atoms with Crippen molar-refractivity contribution in [2.75, 3.05) is 18.0 Å². The molecule has 0 saturated carbocycles. The summed E-state index contributed by atoms with van der Waals surface area (Å²) in [4.78, 5) is 28.1. The van der Waals surface area contributed by atoms with Crippen molar-refractivity contribution in [3.05, 3.63) is 16.8 Å². The Bertz CT molecular complexity index is 787. The van der Waals surface area contributed by atoms with Crippen LogP contribution in [0.15, 0.2) is 6.33 Å². The molecule has 2 saturated heterocycles. The number of hydrogen-bond acceptors (Lipinski definition) is 5. The van der Waals surface area contributed by atoms with E-state index in [4.69, 9.17) is 0 Å². The number of aryl methyl sites for hydroxylation is 2. The number of rotatable bonds is 2. The first kappa shape index (κ1) is 15.8. The number of anilines is 1. The minimum atomic E-state index is 0.208. The number of fused-ring (bicyclic) bond motifs is 1. The lowest BCUT2D eigenvalue weighted by Crippen LogP contribution is -2.48. The second kappa shape index (κ2) is 5.99. The molecule has 6 heteroatoms. The molecule has 4 rings (SSSR count). The Morgan fingerprint density at radius 3 is 2.71 bits per heavy atom. The summed E-state index contributed by atoms with van der Waals surface area (Å²) in [5.74, 6) is 1.28. The first-order valence-electron chi connectivity index (χ1n) is 8.82.